The second-order valence-corrected chi connectivity index (χ2v) is 8.62. The summed E-state index contributed by atoms with van der Waals surface area (Å²) in [5.74, 6) is 1.53. The minimum Gasteiger partial charge on any atom is -0.490 e. The fourth-order valence-electron chi connectivity index (χ4n) is 1.96. The molecule has 0 spiro atoms. The van der Waals surface area contributed by atoms with Crippen molar-refractivity contribution in [2.45, 2.75) is 31.6 Å². The van der Waals surface area contributed by atoms with E-state index in [-0.39, 0.29) is 0 Å². The lowest BCUT2D eigenvalue weighted by Crippen LogP contribution is -2.41. The molecular weight excluding hydrogens is 290 g/mol. The first-order valence-electron chi connectivity index (χ1n) is 7.08. The van der Waals surface area contributed by atoms with Crippen LogP contribution in [0.4, 0.5) is 0 Å². The van der Waals surface area contributed by atoms with Gasteiger partial charge in [-0.2, -0.15) is 0 Å². The lowest BCUT2D eigenvalue weighted by atomic mass is 10.1. The average Bonchev–Trinajstić information content (AvgIpc) is 2.61. The number of hydrogen-bond donors (Lipinski definition) is 1. The average molecular weight is 313 g/mol. The molecule has 1 aliphatic heterocycles. The summed E-state index contributed by atoms with van der Waals surface area (Å²) in [6.45, 7) is 5.78. The molecule has 2 rings (SSSR count). The van der Waals surface area contributed by atoms with Gasteiger partial charge in [0.15, 0.2) is 21.3 Å². The van der Waals surface area contributed by atoms with Crippen LogP contribution in [0.1, 0.15) is 25.8 Å². The van der Waals surface area contributed by atoms with Crippen molar-refractivity contribution < 1.29 is 17.9 Å². The normalized spacial score (nSPS) is 15.6. The van der Waals surface area contributed by atoms with E-state index >= 15 is 0 Å². The highest BCUT2D eigenvalue weighted by Gasteiger charge is 2.29. The molecule has 0 fully saturated rings. The molecule has 0 unspecified atom stereocenters. The topological polar surface area (TPSA) is 64.6 Å². The predicted molar refractivity (Wildman–Crippen MR) is 82.7 cm³/mol. The fraction of sp³-hybridized carbons (Fsp3) is 0.600. The van der Waals surface area contributed by atoms with Gasteiger partial charge in [-0.25, -0.2) is 8.42 Å². The Kier molecular flexibility index (Phi) is 4.78. The summed E-state index contributed by atoms with van der Waals surface area (Å²) in [6.07, 6.45) is 2.15. The third-order valence-electron chi connectivity index (χ3n) is 3.70. The summed E-state index contributed by atoms with van der Waals surface area (Å²) >= 11 is 0. The first-order valence-corrected chi connectivity index (χ1v) is 8.97. The van der Waals surface area contributed by atoms with Crippen LogP contribution in [0.3, 0.4) is 0 Å². The van der Waals surface area contributed by atoms with Gasteiger partial charge in [-0.1, -0.05) is 6.07 Å². The predicted octanol–water partition coefficient (Wildman–Crippen LogP) is 1.76. The molecule has 1 heterocycles. The maximum absolute atomic E-state index is 11.6. The summed E-state index contributed by atoms with van der Waals surface area (Å²) < 4.78 is 33.7. The molecule has 0 saturated heterocycles. The van der Waals surface area contributed by atoms with E-state index in [0.717, 1.165) is 23.5 Å². The van der Waals surface area contributed by atoms with Gasteiger partial charge in [0.2, 0.25) is 0 Å². The number of hydrogen-bond acceptors (Lipinski definition) is 5. The largest absolute Gasteiger partial charge is 0.490 e. The first-order chi connectivity index (χ1) is 9.79. The van der Waals surface area contributed by atoms with E-state index in [1.807, 2.05) is 18.2 Å². The molecule has 21 heavy (non-hydrogen) atoms. The van der Waals surface area contributed by atoms with Crippen molar-refractivity contribution in [3.63, 3.8) is 0 Å². The molecule has 118 valence electrons. The first kappa shape index (κ1) is 16.1. The highest BCUT2D eigenvalue weighted by Crippen LogP contribution is 2.30. The quantitative estimate of drug-likeness (QED) is 0.897. The highest BCUT2D eigenvalue weighted by atomic mass is 32.2. The van der Waals surface area contributed by atoms with E-state index in [2.05, 4.69) is 5.32 Å². The van der Waals surface area contributed by atoms with Gasteiger partial charge in [0, 0.05) is 25.8 Å². The molecular formula is C15H23NO4S. The Labute approximate surface area is 126 Å². The molecule has 1 aromatic carbocycles. The number of fused-ring (bicyclic) bond motifs is 1. The van der Waals surface area contributed by atoms with E-state index in [1.165, 1.54) is 6.26 Å². The summed E-state index contributed by atoms with van der Waals surface area (Å²) in [5, 5.41) is 3.20. The third-order valence-corrected chi connectivity index (χ3v) is 5.85. The summed E-state index contributed by atoms with van der Waals surface area (Å²) in [6, 6.07) is 5.81. The van der Waals surface area contributed by atoms with Gasteiger partial charge in [-0.3, -0.25) is 0 Å². The molecule has 0 atom stereocenters. The summed E-state index contributed by atoms with van der Waals surface area (Å²) in [4.78, 5) is 0. The molecule has 1 aliphatic rings. The highest BCUT2D eigenvalue weighted by molar-refractivity contribution is 7.92. The monoisotopic (exact) mass is 313 g/mol. The molecule has 6 heteroatoms. The van der Waals surface area contributed by atoms with Crippen molar-refractivity contribution in [2.24, 2.45) is 0 Å². The fourth-order valence-corrected chi connectivity index (χ4v) is 2.32. The number of sulfone groups is 1. The van der Waals surface area contributed by atoms with E-state index in [0.29, 0.717) is 26.3 Å². The number of benzene rings is 1. The molecule has 1 N–H and O–H groups in total. The van der Waals surface area contributed by atoms with Gasteiger partial charge >= 0.3 is 0 Å². The zero-order valence-corrected chi connectivity index (χ0v) is 13.6. The van der Waals surface area contributed by atoms with Crippen LogP contribution in [0.2, 0.25) is 0 Å². The zero-order chi connectivity index (χ0) is 15.5. The van der Waals surface area contributed by atoms with Gasteiger partial charge in [0.05, 0.1) is 18.0 Å². The van der Waals surface area contributed by atoms with E-state index in [9.17, 15) is 8.42 Å². The van der Waals surface area contributed by atoms with Crippen LogP contribution < -0.4 is 14.8 Å². The van der Waals surface area contributed by atoms with Crippen molar-refractivity contribution in [1.29, 1.82) is 0 Å². The zero-order valence-electron chi connectivity index (χ0n) is 12.8. The van der Waals surface area contributed by atoms with Crippen molar-refractivity contribution in [2.75, 3.05) is 26.0 Å². The SMILES string of the molecule is CC(C)(CNCc1ccc2c(c1)OCCCO2)S(C)(=O)=O. The van der Waals surface area contributed by atoms with E-state index in [4.69, 9.17) is 9.47 Å². The van der Waals surface area contributed by atoms with Gasteiger partial charge in [-0.05, 0) is 31.5 Å². The van der Waals surface area contributed by atoms with Crippen molar-refractivity contribution in [3.05, 3.63) is 23.8 Å². The molecule has 0 amide bonds. The summed E-state index contributed by atoms with van der Waals surface area (Å²) in [7, 11) is -3.08. The van der Waals surface area contributed by atoms with Crippen LogP contribution >= 0.6 is 0 Å². The van der Waals surface area contributed by atoms with Crippen LogP contribution in [0.15, 0.2) is 18.2 Å². The Balaban J connectivity index is 1.97. The summed E-state index contributed by atoms with van der Waals surface area (Å²) in [5.41, 5.74) is 1.04. The van der Waals surface area contributed by atoms with Crippen LogP contribution in [0.5, 0.6) is 11.5 Å². The lowest BCUT2D eigenvalue weighted by molar-refractivity contribution is 0.297. The van der Waals surface area contributed by atoms with E-state index < -0.39 is 14.6 Å². The maximum Gasteiger partial charge on any atom is 0.161 e. The Morgan fingerprint density at radius 3 is 2.52 bits per heavy atom. The van der Waals surface area contributed by atoms with Crippen molar-refractivity contribution >= 4 is 9.84 Å². The van der Waals surface area contributed by atoms with Gasteiger partial charge in [0.25, 0.3) is 0 Å². The Morgan fingerprint density at radius 2 is 1.86 bits per heavy atom. The number of nitrogens with one attached hydrogen (secondary N) is 1. The molecule has 0 bridgehead atoms. The maximum atomic E-state index is 11.6. The standard InChI is InChI=1S/C15H23NO4S/c1-15(2,21(3,17)18)11-16-10-12-5-6-13-14(9-12)20-8-4-7-19-13/h5-6,9,16H,4,7-8,10-11H2,1-3H3. The van der Waals surface area contributed by atoms with Gasteiger partial charge < -0.3 is 14.8 Å². The molecule has 0 saturated carbocycles. The number of ether oxygens (including phenoxy) is 2. The van der Waals surface area contributed by atoms with Crippen molar-refractivity contribution in [3.8, 4) is 11.5 Å². The molecule has 0 aromatic heterocycles. The minimum absolute atomic E-state index is 0.403. The van der Waals surface area contributed by atoms with Crippen LogP contribution in [-0.2, 0) is 16.4 Å². The van der Waals surface area contributed by atoms with Crippen LogP contribution in [0.25, 0.3) is 0 Å². The third kappa shape index (κ3) is 4.11. The van der Waals surface area contributed by atoms with Crippen LogP contribution in [-0.4, -0.2) is 39.2 Å². The molecule has 0 aliphatic carbocycles. The second-order valence-electron chi connectivity index (χ2n) is 5.97. The van der Waals surface area contributed by atoms with Gasteiger partial charge in [-0.15, -0.1) is 0 Å². The minimum atomic E-state index is -3.08. The molecule has 0 radical (unpaired) electrons. The lowest BCUT2D eigenvalue weighted by Gasteiger charge is -2.23. The smallest absolute Gasteiger partial charge is 0.161 e. The molecule has 1 aromatic rings. The Bertz CT molecular complexity index is 596. The Hall–Kier alpha value is -1.27. The Morgan fingerprint density at radius 1 is 1.19 bits per heavy atom. The second kappa shape index (κ2) is 6.23. The number of rotatable bonds is 5. The van der Waals surface area contributed by atoms with Gasteiger partial charge in [0.1, 0.15) is 0 Å². The van der Waals surface area contributed by atoms with E-state index in [1.54, 1.807) is 13.8 Å². The molecule has 5 nitrogen and oxygen atoms in total. The van der Waals surface area contributed by atoms with Crippen molar-refractivity contribution in [1.82, 2.24) is 5.32 Å². The van der Waals surface area contributed by atoms with Crippen LogP contribution in [0, 0.1) is 0 Å².